The van der Waals surface area contributed by atoms with E-state index in [2.05, 4.69) is 15.1 Å². The zero-order valence-corrected chi connectivity index (χ0v) is 10.8. The second-order valence-electron chi connectivity index (χ2n) is 4.80. The molecule has 2 N–H and O–H groups in total. The zero-order chi connectivity index (χ0) is 14.1. The van der Waals surface area contributed by atoms with Gasteiger partial charge in [-0.15, -0.1) is 10.2 Å². The molecule has 0 saturated heterocycles. The van der Waals surface area contributed by atoms with E-state index in [4.69, 9.17) is 5.73 Å². The van der Waals surface area contributed by atoms with E-state index in [1.807, 2.05) is 10.6 Å². The second-order valence-corrected chi connectivity index (χ2v) is 4.80. The third kappa shape index (κ3) is 2.32. The second kappa shape index (κ2) is 4.89. The lowest BCUT2D eigenvalue weighted by atomic mass is 10.1. The molecule has 20 heavy (non-hydrogen) atoms. The molecule has 1 aromatic carbocycles. The Morgan fingerprint density at radius 3 is 3.05 bits per heavy atom. The van der Waals surface area contributed by atoms with E-state index in [0.717, 1.165) is 24.5 Å². The van der Waals surface area contributed by atoms with Gasteiger partial charge in [0.05, 0.1) is 11.5 Å². The van der Waals surface area contributed by atoms with Crippen LogP contribution in [0.5, 0.6) is 0 Å². The van der Waals surface area contributed by atoms with Crippen LogP contribution in [0.25, 0.3) is 0 Å². The Morgan fingerprint density at radius 2 is 2.25 bits per heavy atom. The quantitative estimate of drug-likeness (QED) is 0.504. The molecule has 0 atom stereocenters. The maximum absolute atomic E-state index is 10.9. The first kappa shape index (κ1) is 12.5. The van der Waals surface area contributed by atoms with Crippen molar-refractivity contribution in [2.24, 2.45) is 0 Å². The van der Waals surface area contributed by atoms with Crippen molar-refractivity contribution >= 4 is 11.4 Å². The van der Waals surface area contributed by atoms with Gasteiger partial charge in [0.1, 0.15) is 17.8 Å². The number of nitro groups is 1. The van der Waals surface area contributed by atoms with Gasteiger partial charge in [-0.1, -0.05) is 6.07 Å². The Balaban J connectivity index is 1.76. The predicted molar refractivity (Wildman–Crippen MR) is 71.6 cm³/mol. The largest absolute Gasteiger partial charge is 0.393 e. The highest BCUT2D eigenvalue weighted by Gasteiger charge is 2.19. The molecule has 2 heterocycles. The molecule has 0 bridgehead atoms. The fourth-order valence-corrected chi connectivity index (χ4v) is 2.36. The first-order chi connectivity index (χ1) is 9.63. The Bertz CT molecular complexity index is 653. The van der Waals surface area contributed by atoms with Crippen LogP contribution in [-0.2, 0) is 19.6 Å². The number of fused-ring (bicyclic) bond motifs is 1. The summed E-state index contributed by atoms with van der Waals surface area (Å²) in [7, 11) is 0. The molecule has 0 amide bonds. The predicted octanol–water partition coefficient (Wildman–Crippen LogP) is 0.784. The van der Waals surface area contributed by atoms with Crippen LogP contribution >= 0.6 is 0 Å². The van der Waals surface area contributed by atoms with Gasteiger partial charge < -0.3 is 10.3 Å². The molecular weight excluding hydrogens is 260 g/mol. The first-order valence-corrected chi connectivity index (χ1v) is 6.25. The molecule has 0 aliphatic carbocycles. The number of hydrogen-bond donors (Lipinski definition) is 1. The van der Waals surface area contributed by atoms with E-state index in [1.54, 1.807) is 12.4 Å². The van der Waals surface area contributed by atoms with Crippen LogP contribution in [0.2, 0.25) is 0 Å². The molecule has 104 valence electrons. The van der Waals surface area contributed by atoms with Crippen molar-refractivity contribution in [3.8, 4) is 0 Å². The Hall–Kier alpha value is -2.48. The normalized spacial score (nSPS) is 15.0. The number of rotatable bonds is 3. The summed E-state index contributed by atoms with van der Waals surface area (Å²) < 4.78 is 2.02. The lowest BCUT2D eigenvalue weighted by Gasteiger charge is -2.26. The molecule has 8 nitrogen and oxygen atoms in total. The molecule has 2 aromatic rings. The lowest BCUT2D eigenvalue weighted by Crippen LogP contribution is -2.33. The van der Waals surface area contributed by atoms with Crippen LogP contribution in [0.4, 0.5) is 11.4 Å². The monoisotopic (exact) mass is 274 g/mol. The maximum atomic E-state index is 10.9. The number of nitro benzene ring substituents is 1. The molecule has 1 aliphatic heterocycles. The van der Waals surface area contributed by atoms with Gasteiger partial charge in [0.15, 0.2) is 0 Å². The van der Waals surface area contributed by atoms with Crippen LogP contribution in [-0.4, -0.2) is 31.1 Å². The summed E-state index contributed by atoms with van der Waals surface area (Å²) >= 11 is 0. The molecule has 0 saturated carbocycles. The van der Waals surface area contributed by atoms with Crippen molar-refractivity contribution in [3.63, 3.8) is 0 Å². The van der Waals surface area contributed by atoms with Gasteiger partial charge in [0, 0.05) is 25.7 Å². The molecule has 0 radical (unpaired) electrons. The van der Waals surface area contributed by atoms with Crippen molar-refractivity contribution in [1.82, 2.24) is 19.7 Å². The zero-order valence-electron chi connectivity index (χ0n) is 10.8. The Morgan fingerprint density at radius 1 is 1.40 bits per heavy atom. The van der Waals surface area contributed by atoms with Crippen molar-refractivity contribution < 1.29 is 4.92 Å². The average molecular weight is 274 g/mol. The maximum Gasteiger partial charge on any atom is 0.292 e. The molecule has 1 aromatic heterocycles. The summed E-state index contributed by atoms with van der Waals surface area (Å²) in [4.78, 5) is 12.6. The third-order valence-electron chi connectivity index (χ3n) is 3.42. The lowest BCUT2D eigenvalue weighted by molar-refractivity contribution is -0.384. The number of nitrogens with two attached hydrogens (primary N) is 1. The van der Waals surface area contributed by atoms with Gasteiger partial charge in [-0.2, -0.15) is 0 Å². The van der Waals surface area contributed by atoms with Gasteiger partial charge in [-0.05, 0) is 11.6 Å². The van der Waals surface area contributed by atoms with E-state index >= 15 is 0 Å². The molecular formula is C12H14N6O2. The number of anilines is 1. The Labute approximate surface area is 115 Å². The van der Waals surface area contributed by atoms with Crippen LogP contribution in [0.1, 0.15) is 11.4 Å². The Kier molecular flexibility index (Phi) is 3.07. The number of benzene rings is 1. The van der Waals surface area contributed by atoms with E-state index in [-0.39, 0.29) is 11.4 Å². The summed E-state index contributed by atoms with van der Waals surface area (Å²) in [5.41, 5.74) is 6.62. The molecule has 0 fully saturated rings. The minimum atomic E-state index is -0.453. The minimum absolute atomic E-state index is 0.0392. The van der Waals surface area contributed by atoms with Gasteiger partial charge >= 0.3 is 0 Å². The van der Waals surface area contributed by atoms with E-state index in [1.165, 1.54) is 6.07 Å². The highest BCUT2D eigenvalue weighted by Crippen LogP contribution is 2.23. The molecule has 8 heteroatoms. The number of nitrogens with zero attached hydrogens (tertiary/aromatic N) is 5. The van der Waals surface area contributed by atoms with Crippen LogP contribution in [0, 0.1) is 10.1 Å². The molecule has 0 spiro atoms. The summed E-state index contributed by atoms with van der Waals surface area (Å²) in [6, 6.07) is 4.94. The highest BCUT2D eigenvalue weighted by atomic mass is 16.6. The topological polar surface area (TPSA) is 103 Å². The SMILES string of the molecule is Nc1ccc(CN2CCn3cnnc3C2)cc1[N+](=O)[O-]. The van der Waals surface area contributed by atoms with Gasteiger partial charge in [0.25, 0.3) is 5.69 Å². The van der Waals surface area contributed by atoms with E-state index in [9.17, 15) is 10.1 Å². The van der Waals surface area contributed by atoms with Crippen LogP contribution < -0.4 is 5.73 Å². The van der Waals surface area contributed by atoms with Crippen LogP contribution in [0.15, 0.2) is 24.5 Å². The average Bonchev–Trinajstić information content (AvgIpc) is 2.88. The number of aromatic nitrogens is 3. The fourth-order valence-electron chi connectivity index (χ4n) is 2.36. The van der Waals surface area contributed by atoms with Crippen LogP contribution in [0.3, 0.4) is 0 Å². The van der Waals surface area contributed by atoms with Crippen molar-refractivity contribution in [2.45, 2.75) is 19.6 Å². The standard InChI is InChI=1S/C12H14N6O2/c13-10-2-1-9(5-11(10)18(19)20)6-16-3-4-17-8-14-15-12(17)7-16/h1-2,5,8H,3-4,6-7,13H2. The summed E-state index contributed by atoms with van der Waals surface area (Å²) in [6.45, 7) is 3.02. The third-order valence-corrected chi connectivity index (χ3v) is 3.42. The van der Waals surface area contributed by atoms with Crippen molar-refractivity contribution in [1.29, 1.82) is 0 Å². The number of hydrogen-bond acceptors (Lipinski definition) is 6. The smallest absolute Gasteiger partial charge is 0.292 e. The van der Waals surface area contributed by atoms with Crippen molar-refractivity contribution in [3.05, 3.63) is 46.0 Å². The molecule has 1 aliphatic rings. The van der Waals surface area contributed by atoms with E-state index in [0.29, 0.717) is 13.1 Å². The molecule has 3 rings (SSSR count). The first-order valence-electron chi connectivity index (χ1n) is 6.25. The van der Waals surface area contributed by atoms with Crippen molar-refractivity contribution in [2.75, 3.05) is 12.3 Å². The van der Waals surface area contributed by atoms with E-state index < -0.39 is 4.92 Å². The number of nitrogen functional groups attached to an aromatic ring is 1. The summed E-state index contributed by atoms with van der Waals surface area (Å²) in [6.07, 6.45) is 1.72. The van der Waals surface area contributed by atoms with Gasteiger partial charge in [-0.25, -0.2) is 0 Å². The summed E-state index contributed by atoms with van der Waals surface area (Å²) in [5.74, 6) is 0.918. The fraction of sp³-hybridized carbons (Fsp3) is 0.333. The van der Waals surface area contributed by atoms with Gasteiger partial charge in [0.2, 0.25) is 0 Å². The summed E-state index contributed by atoms with van der Waals surface area (Å²) in [5, 5.41) is 18.8. The molecule has 0 unspecified atom stereocenters. The van der Waals surface area contributed by atoms with Gasteiger partial charge in [-0.3, -0.25) is 15.0 Å². The minimum Gasteiger partial charge on any atom is -0.393 e. The highest BCUT2D eigenvalue weighted by molar-refractivity contribution is 5.59.